The number of carboxylic acids is 1. The van der Waals surface area contributed by atoms with Gasteiger partial charge in [-0.1, -0.05) is 47.3 Å². The van der Waals surface area contributed by atoms with Crippen molar-refractivity contribution in [3.63, 3.8) is 0 Å². The number of fused-ring (bicyclic) bond motifs is 1. The first-order chi connectivity index (χ1) is 11.6. The zero-order chi connectivity index (χ0) is 16.8. The molecule has 1 amide bonds. The van der Waals surface area contributed by atoms with Crippen LogP contribution >= 0.6 is 11.8 Å². The Kier molecular flexibility index (Phi) is 3.27. The molecule has 1 atom stereocenters. The second kappa shape index (κ2) is 5.34. The topological polar surface area (TPSA) is 88.3 Å². The molecule has 3 heterocycles. The summed E-state index contributed by atoms with van der Waals surface area (Å²) in [6.45, 7) is 0. The molecular formula is C16H12N4O3S. The van der Waals surface area contributed by atoms with Gasteiger partial charge in [0.25, 0.3) is 5.91 Å². The number of nitrogens with zero attached hydrogens (tertiary/aromatic N) is 4. The van der Waals surface area contributed by atoms with Crippen molar-refractivity contribution in [3.05, 3.63) is 59.1 Å². The lowest BCUT2D eigenvalue weighted by Crippen LogP contribution is -2.51. The van der Waals surface area contributed by atoms with Crippen molar-refractivity contribution in [2.24, 2.45) is 7.05 Å². The Labute approximate surface area is 141 Å². The third kappa shape index (κ3) is 2.15. The van der Waals surface area contributed by atoms with E-state index in [2.05, 4.69) is 10.3 Å². The molecule has 120 valence electrons. The number of hydrogen-bond donors (Lipinski definition) is 1. The minimum absolute atomic E-state index is 0.0393. The average molecular weight is 340 g/mol. The Morgan fingerprint density at radius 2 is 2.08 bits per heavy atom. The maximum absolute atomic E-state index is 12.4. The second-order valence-corrected chi connectivity index (χ2v) is 6.50. The van der Waals surface area contributed by atoms with Crippen LogP contribution in [0, 0.1) is 0 Å². The molecule has 2 aliphatic rings. The molecule has 1 fully saturated rings. The molecule has 2 aliphatic heterocycles. The first-order valence-electron chi connectivity index (χ1n) is 7.17. The molecule has 4 rings (SSSR count). The fourth-order valence-electron chi connectivity index (χ4n) is 2.75. The summed E-state index contributed by atoms with van der Waals surface area (Å²) >= 11 is 1.37. The van der Waals surface area contributed by atoms with E-state index >= 15 is 0 Å². The molecule has 1 aromatic heterocycles. The highest BCUT2D eigenvalue weighted by molar-refractivity contribution is 8.09. The van der Waals surface area contributed by atoms with Crippen LogP contribution in [0.15, 0.2) is 47.8 Å². The predicted molar refractivity (Wildman–Crippen MR) is 88.2 cm³/mol. The molecule has 0 aliphatic carbocycles. The number of carbonyl (C=O) groups excluding carboxylic acids is 1. The van der Waals surface area contributed by atoms with Gasteiger partial charge >= 0.3 is 5.97 Å². The van der Waals surface area contributed by atoms with E-state index in [1.807, 2.05) is 30.3 Å². The van der Waals surface area contributed by atoms with Crippen molar-refractivity contribution in [3.8, 4) is 0 Å². The van der Waals surface area contributed by atoms with E-state index in [1.165, 1.54) is 16.7 Å². The Hall–Kier alpha value is -2.87. The van der Waals surface area contributed by atoms with Crippen LogP contribution in [0.2, 0.25) is 0 Å². The maximum atomic E-state index is 12.4. The molecule has 0 unspecified atom stereocenters. The highest BCUT2D eigenvalue weighted by atomic mass is 32.2. The molecular weight excluding hydrogens is 328 g/mol. The summed E-state index contributed by atoms with van der Waals surface area (Å²) in [5.74, 6) is -1.41. The van der Waals surface area contributed by atoms with E-state index < -0.39 is 5.97 Å². The summed E-state index contributed by atoms with van der Waals surface area (Å²) in [5, 5.41) is 17.0. The molecule has 24 heavy (non-hydrogen) atoms. The molecule has 1 N–H and O–H groups in total. The molecule has 8 heteroatoms. The van der Waals surface area contributed by atoms with Crippen LogP contribution in [0.3, 0.4) is 0 Å². The summed E-state index contributed by atoms with van der Waals surface area (Å²) in [7, 11) is 1.74. The number of hydrogen-bond acceptors (Lipinski definition) is 5. The standard InChI is InChI=1S/C16H12N4O3S/c1-19-8-10(17-18-19)7-11-14(21)20-12(16(22)23)13(24-15(11)20)9-5-3-2-4-6-9/h2-8,15H,1H3,(H,22,23)/t15-/m1/s1. The summed E-state index contributed by atoms with van der Waals surface area (Å²) in [4.78, 5) is 26.0. The summed E-state index contributed by atoms with van der Waals surface area (Å²) < 4.78 is 1.55. The average Bonchev–Trinajstić information content (AvgIpc) is 3.15. The molecule has 0 radical (unpaired) electrons. The molecule has 0 saturated carbocycles. The van der Waals surface area contributed by atoms with Gasteiger partial charge in [0.15, 0.2) is 0 Å². The number of amides is 1. The summed E-state index contributed by atoms with van der Waals surface area (Å²) in [5.41, 5.74) is 1.94. The highest BCUT2D eigenvalue weighted by Crippen LogP contribution is 2.52. The van der Waals surface area contributed by atoms with Gasteiger partial charge in [0, 0.05) is 12.0 Å². The van der Waals surface area contributed by atoms with Gasteiger partial charge in [-0.25, -0.2) is 4.79 Å². The van der Waals surface area contributed by atoms with E-state index in [0.717, 1.165) is 5.56 Å². The Morgan fingerprint density at radius 3 is 2.71 bits per heavy atom. The molecule has 1 saturated heterocycles. The van der Waals surface area contributed by atoms with Gasteiger partial charge in [0.2, 0.25) is 0 Å². The SMILES string of the molecule is Cn1cc(C=C2C(=O)N3C(C(=O)O)=C(c4ccccc4)S[C@H]23)nn1. The third-order valence-electron chi connectivity index (χ3n) is 3.81. The number of rotatable bonds is 3. The lowest BCUT2D eigenvalue weighted by atomic mass is 10.0. The van der Waals surface area contributed by atoms with E-state index in [9.17, 15) is 14.7 Å². The lowest BCUT2D eigenvalue weighted by molar-refractivity contribution is -0.140. The molecule has 7 nitrogen and oxygen atoms in total. The fraction of sp³-hybridized carbons (Fsp3) is 0.125. The summed E-state index contributed by atoms with van der Waals surface area (Å²) in [6, 6.07) is 9.23. The van der Waals surface area contributed by atoms with Crippen molar-refractivity contribution >= 4 is 34.6 Å². The maximum Gasteiger partial charge on any atom is 0.353 e. The normalized spacial score (nSPS) is 21.2. The van der Waals surface area contributed by atoms with Crippen molar-refractivity contribution in [2.45, 2.75) is 5.37 Å². The highest BCUT2D eigenvalue weighted by Gasteiger charge is 2.52. The predicted octanol–water partition coefficient (Wildman–Crippen LogP) is 1.57. The zero-order valence-corrected chi connectivity index (χ0v) is 13.4. The van der Waals surface area contributed by atoms with E-state index in [0.29, 0.717) is 16.2 Å². The molecule has 1 aromatic carbocycles. The number of β-lactam (4-membered cyclic amide) rings is 1. The van der Waals surface area contributed by atoms with E-state index in [1.54, 1.807) is 24.0 Å². The van der Waals surface area contributed by atoms with Gasteiger partial charge < -0.3 is 5.11 Å². The number of benzene rings is 1. The number of carbonyl (C=O) groups is 2. The number of carboxylic acid groups (broad SMARTS) is 1. The van der Waals surface area contributed by atoms with Crippen molar-refractivity contribution < 1.29 is 14.7 Å². The van der Waals surface area contributed by atoms with Crippen LogP contribution in [0.25, 0.3) is 11.0 Å². The summed E-state index contributed by atoms with van der Waals surface area (Å²) in [6.07, 6.45) is 3.36. The Morgan fingerprint density at radius 1 is 1.33 bits per heavy atom. The van der Waals surface area contributed by atoms with Gasteiger partial charge in [-0.3, -0.25) is 14.4 Å². The van der Waals surface area contributed by atoms with E-state index in [-0.39, 0.29) is 17.0 Å². The van der Waals surface area contributed by atoms with Crippen molar-refractivity contribution in [2.75, 3.05) is 0 Å². The van der Waals surface area contributed by atoms with Crippen molar-refractivity contribution in [1.82, 2.24) is 19.9 Å². The molecule has 0 spiro atoms. The van der Waals surface area contributed by atoms with Gasteiger partial charge in [-0.15, -0.1) is 5.10 Å². The smallest absolute Gasteiger partial charge is 0.353 e. The number of aromatic nitrogens is 3. The largest absolute Gasteiger partial charge is 0.477 e. The number of aryl methyl sites for hydroxylation is 1. The van der Waals surface area contributed by atoms with Crippen LogP contribution < -0.4 is 0 Å². The fourth-order valence-corrected chi connectivity index (χ4v) is 4.15. The number of thioether (sulfide) groups is 1. The van der Waals surface area contributed by atoms with Gasteiger partial charge in [0.1, 0.15) is 16.8 Å². The van der Waals surface area contributed by atoms with Crippen LogP contribution in [0.5, 0.6) is 0 Å². The quantitative estimate of drug-likeness (QED) is 0.674. The van der Waals surface area contributed by atoms with E-state index in [4.69, 9.17) is 0 Å². The zero-order valence-electron chi connectivity index (χ0n) is 12.6. The lowest BCUT2D eigenvalue weighted by Gasteiger charge is -2.36. The van der Waals surface area contributed by atoms with Gasteiger partial charge in [-0.05, 0) is 11.6 Å². The first-order valence-corrected chi connectivity index (χ1v) is 8.05. The molecule has 2 aromatic rings. The van der Waals surface area contributed by atoms with Gasteiger partial charge in [0.05, 0.1) is 11.8 Å². The Balaban J connectivity index is 1.72. The van der Waals surface area contributed by atoms with Crippen molar-refractivity contribution in [1.29, 1.82) is 0 Å². The minimum Gasteiger partial charge on any atom is -0.477 e. The van der Waals surface area contributed by atoms with Gasteiger partial charge in [-0.2, -0.15) is 0 Å². The first kappa shape index (κ1) is 14.7. The van der Waals surface area contributed by atoms with Crippen LogP contribution in [0.1, 0.15) is 11.3 Å². The van der Waals surface area contributed by atoms with Crippen LogP contribution in [0.4, 0.5) is 0 Å². The van der Waals surface area contributed by atoms with Crippen LogP contribution in [-0.2, 0) is 16.6 Å². The third-order valence-corrected chi connectivity index (χ3v) is 5.17. The van der Waals surface area contributed by atoms with Crippen LogP contribution in [-0.4, -0.2) is 42.3 Å². The molecule has 0 bridgehead atoms. The minimum atomic E-state index is -1.10. The monoisotopic (exact) mass is 340 g/mol. The second-order valence-electron chi connectivity index (χ2n) is 5.41. The number of aliphatic carboxylic acids is 1. The Bertz CT molecular complexity index is 916.